The van der Waals surface area contributed by atoms with Gasteiger partial charge in [-0.2, -0.15) is 0 Å². The fourth-order valence-electron chi connectivity index (χ4n) is 4.30. The SMILES string of the molecule is CCC1CC=CC(c2ccc3nccnc3c2)=C1c1cccc(C2CC2)c1. The molecule has 1 atom stereocenters. The summed E-state index contributed by atoms with van der Waals surface area (Å²) < 4.78 is 0. The van der Waals surface area contributed by atoms with E-state index < -0.39 is 0 Å². The zero-order valence-electron chi connectivity index (χ0n) is 15.7. The van der Waals surface area contributed by atoms with E-state index in [9.17, 15) is 0 Å². The van der Waals surface area contributed by atoms with E-state index >= 15 is 0 Å². The molecule has 2 aliphatic rings. The number of nitrogens with zero attached hydrogens (tertiary/aromatic N) is 2. The van der Waals surface area contributed by atoms with E-state index in [1.165, 1.54) is 40.7 Å². The summed E-state index contributed by atoms with van der Waals surface area (Å²) in [5.41, 5.74) is 8.88. The van der Waals surface area contributed by atoms with Crippen molar-refractivity contribution in [3.8, 4) is 0 Å². The van der Waals surface area contributed by atoms with Gasteiger partial charge >= 0.3 is 0 Å². The molecule has 2 nitrogen and oxygen atoms in total. The summed E-state index contributed by atoms with van der Waals surface area (Å²) in [5.74, 6) is 1.35. The van der Waals surface area contributed by atoms with Crippen molar-refractivity contribution >= 4 is 22.2 Å². The third-order valence-electron chi connectivity index (χ3n) is 5.92. The van der Waals surface area contributed by atoms with Crippen LogP contribution in [0.1, 0.15) is 55.2 Å². The van der Waals surface area contributed by atoms with Gasteiger partial charge in [-0.1, -0.05) is 49.4 Å². The van der Waals surface area contributed by atoms with Gasteiger partial charge in [0.1, 0.15) is 0 Å². The molecule has 0 spiro atoms. The summed E-state index contributed by atoms with van der Waals surface area (Å²) in [5, 5.41) is 0. The third kappa shape index (κ3) is 3.10. The van der Waals surface area contributed by atoms with Gasteiger partial charge in [0, 0.05) is 12.4 Å². The zero-order chi connectivity index (χ0) is 18.2. The van der Waals surface area contributed by atoms with Gasteiger partial charge in [0.15, 0.2) is 0 Å². The fraction of sp³-hybridized carbons (Fsp3) is 0.280. The van der Waals surface area contributed by atoms with Gasteiger partial charge in [0.25, 0.3) is 0 Å². The monoisotopic (exact) mass is 352 g/mol. The molecular weight excluding hydrogens is 328 g/mol. The second-order valence-electron chi connectivity index (χ2n) is 7.73. The number of allylic oxidation sites excluding steroid dienone is 4. The van der Waals surface area contributed by atoms with Crippen LogP contribution in [0.5, 0.6) is 0 Å². The molecule has 0 amide bonds. The number of aromatic nitrogens is 2. The maximum Gasteiger partial charge on any atom is 0.0892 e. The van der Waals surface area contributed by atoms with E-state index in [-0.39, 0.29) is 0 Å². The Bertz CT molecular complexity index is 1060. The normalized spacial score (nSPS) is 19.7. The van der Waals surface area contributed by atoms with Gasteiger partial charge in [-0.3, -0.25) is 9.97 Å². The van der Waals surface area contributed by atoms with Crippen molar-refractivity contribution in [3.05, 3.63) is 83.7 Å². The molecule has 0 saturated heterocycles. The quantitative estimate of drug-likeness (QED) is 0.542. The highest BCUT2D eigenvalue weighted by Gasteiger charge is 2.26. The topological polar surface area (TPSA) is 25.8 Å². The van der Waals surface area contributed by atoms with Crippen LogP contribution in [-0.4, -0.2) is 9.97 Å². The van der Waals surface area contributed by atoms with Crippen LogP contribution in [0.4, 0.5) is 0 Å². The molecule has 1 saturated carbocycles. The molecule has 1 heterocycles. The standard InChI is InChI=1S/C25H24N2/c1-2-17-5-4-8-22(20-11-12-23-24(16-20)27-14-13-26-23)25(17)21-7-3-6-19(15-21)18-9-10-18/h3-4,6-8,11-18H,2,5,9-10H2,1H3. The van der Waals surface area contributed by atoms with Crippen molar-refractivity contribution in [1.82, 2.24) is 9.97 Å². The van der Waals surface area contributed by atoms with Crippen molar-refractivity contribution in [3.63, 3.8) is 0 Å². The average Bonchev–Trinajstić information content (AvgIpc) is 3.58. The van der Waals surface area contributed by atoms with Crippen molar-refractivity contribution in [1.29, 1.82) is 0 Å². The molecule has 0 radical (unpaired) electrons. The minimum atomic E-state index is 0.567. The Morgan fingerprint density at radius 1 is 0.926 bits per heavy atom. The lowest BCUT2D eigenvalue weighted by Gasteiger charge is -2.26. The fourth-order valence-corrected chi connectivity index (χ4v) is 4.30. The van der Waals surface area contributed by atoms with Crippen molar-refractivity contribution in [2.75, 3.05) is 0 Å². The van der Waals surface area contributed by atoms with E-state index in [4.69, 9.17) is 0 Å². The summed E-state index contributed by atoms with van der Waals surface area (Å²) >= 11 is 0. The number of fused-ring (bicyclic) bond motifs is 1. The van der Waals surface area contributed by atoms with Crippen molar-refractivity contribution in [2.45, 2.75) is 38.5 Å². The predicted molar refractivity (Wildman–Crippen MR) is 112 cm³/mol. The first kappa shape index (κ1) is 16.4. The molecule has 0 N–H and O–H groups in total. The summed E-state index contributed by atoms with van der Waals surface area (Å²) in [4.78, 5) is 8.93. The minimum absolute atomic E-state index is 0.567. The number of hydrogen-bond donors (Lipinski definition) is 0. The Kier molecular flexibility index (Phi) is 4.12. The largest absolute Gasteiger partial charge is 0.253 e. The first-order valence-corrected chi connectivity index (χ1v) is 10.1. The molecule has 3 aromatic rings. The third-order valence-corrected chi connectivity index (χ3v) is 5.92. The second kappa shape index (κ2) is 6.77. The lowest BCUT2D eigenvalue weighted by molar-refractivity contribution is 0.653. The van der Waals surface area contributed by atoms with E-state index in [1.54, 1.807) is 12.4 Å². The first-order valence-electron chi connectivity index (χ1n) is 10.1. The average molecular weight is 352 g/mol. The smallest absolute Gasteiger partial charge is 0.0892 e. The van der Waals surface area contributed by atoms with Gasteiger partial charge in [-0.15, -0.1) is 0 Å². The summed E-state index contributed by atoms with van der Waals surface area (Å²) in [6.07, 6.45) is 13.1. The number of hydrogen-bond acceptors (Lipinski definition) is 2. The van der Waals surface area contributed by atoms with Crippen LogP contribution >= 0.6 is 0 Å². The molecule has 2 heteroatoms. The maximum absolute atomic E-state index is 4.51. The second-order valence-corrected chi connectivity index (χ2v) is 7.73. The molecule has 0 aliphatic heterocycles. The van der Waals surface area contributed by atoms with Crippen molar-refractivity contribution in [2.24, 2.45) is 5.92 Å². The number of benzene rings is 2. The molecule has 2 aliphatic carbocycles. The maximum atomic E-state index is 4.51. The van der Waals surface area contributed by atoms with Gasteiger partial charge in [0.05, 0.1) is 11.0 Å². The molecule has 1 unspecified atom stereocenters. The Morgan fingerprint density at radius 3 is 2.59 bits per heavy atom. The van der Waals surface area contributed by atoms with Crippen LogP contribution in [0.2, 0.25) is 0 Å². The van der Waals surface area contributed by atoms with E-state index in [0.29, 0.717) is 5.92 Å². The molecule has 1 fully saturated rings. The molecule has 0 bridgehead atoms. The Balaban J connectivity index is 1.69. The lowest BCUT2D eigenvalue weighted by Crippen LogP contribution is -2.08. The molecular formula is C25H24N2. The Labute approximate surface area is 160 Å². The molecule has 5 rings (SSSR count). The van der Waals surface area contributed by atoms with E-state index in [2.05, 4.69) is 71.5 Å². The van der Waals surface area contributed by atoms with Gasteiger partial charge < -0.3 is 0 Å². The minimum Gasteiger partial charge on any atom is -0.253 e. The Morgan fingerprint density at radius 2 is 1.78 bits per heavy atom. The molecule has 2 aromatic carbocycles. The summed E-state index contributed by atoms with van der Waals surface area (Å²) in [6.45, 7) is 2.30. The lowest BCUT2D eigenvalue weighted by atomic mass is 9.79. The summed E-state index contributed by atoms with van der Waals surface area (Å²) in [6, 6.07) is 15.7. The zero-order valence-corrected chi connectivity index (χ0v) is 15.7. The summed E-state index contributed by atoms with van der Waals surface area (Å²) in [7, 11) is 0. The van der Waals surface area contributed by atoms with Crippen LogP contribution < -0.4 is 0 Å². The van der Waals surface area contributed by atoms with Crippen LogP contribution in [-0.2, 0) is 0 Å². The highest BCUT2D eigenvalue weighted by Crippen LogP contribution is 2.44. The highest BCUT2D eigenvalue weighted by atomic mass is 14.8. The predicted octanol–water partition coefficient (Wildman–Crippen LogP) is 6.40. The van der Waals surface area contributed by atoms with Gasteiger partial charge in [-0.05, 0) is 77.5 Å². The first-order chi connectivity index (χ1) is 13.3. The number of rotatable bonds is 4. The van der Waals surface area contributed by atoms with Crippen LogP contribution in [0, 0.1) is 5.92 Å². The van der Waals surface area contributed by atoms with Crippen molar-refractivity contribution < 1.29 is 0 Å². The molecule has 134 valence electrons. The Hall–Kier alpha value is -2.74. The van der Waals surface area contributed by atoms with Gasteiger partial charge in [0.2, 0.25) is 0 Å². The van der Waals surface area contributed by atoms with E-state index in [1.807, 2.05) is 0 Å². The van der Waals surface area contributed by atoms with Crippen LogP contribution in [0.15, 0.2) is 67.0 Å². The van der Waals surface area contributed by atoms with Crippen LogP contribution in [0.25, 0.3) is 22.2 Å². The molecule has 1 aromatic heterocycles. The van der Waals surface area contributed by atoms with Gasteiger partial charge in [-0.25, -0.2) is 0 Å². The molecule has 27 heavy (non-hydrogen) atoms. The van der Waals surface area contributed by atoms with E-state index in [0.717, 1.165) is 29.8 Å². The van der Waals surface area contributed by atoms with Crippen LogP contribution in [0.3, 0.4) is 0 Å². The highest BCUT2D eigenvalue weighted by molar-refractivity contribution is 5.99.